The van der Waals surface area contributed by atoms with Gasteiger partial charge in [-0.3, -0.25) is 0 Å². The lowest BCUT2D eigenvalue weighted by molar-refractivity contribution is -0.141. The van der Waals surface area contributed by atoms with E-state index in [0.717, 1.165) is 24.9 Å². The van der Waals surface area contributed by atoms with Gasteiger partial charge in [0, 0.05) is 50.4 Å². The summed E-state index contributed by atoms with van der Waals surface area (Å²) in [5.41, 5.74) is -0.883. The summed E-state index contributed by atoms with van der Waals surface area (Å²) in [6, 6.07) is 1.03. The summed E-state index contributed by atoms with van der Waals surface area (Å²) in [4.78, 5) is 13.7. The van der Waals surface area contributed by atoms with E-state index in [4.69, 9.17) is 0 Å². The topological polar surface area (TPSA) is 46.8 Å². The second kappa shape index (κ2) is 5.82. The molecule has 0 spiro atoms. The lowest BCUT2D eigenvalue weighted by Gasteiger charge is -2.40. The number of hydrogen-bond donors (Lipinski definition) is 0. The van der Waals surface area contributed by atoms with E-state index in [9.17, 15) is 13.2 Å². The molecule has 8 heteroatoms. The summed E-state index contributed by atoms with van der Waals surface area (Å²) in [7, 11) is 0. The number of nitrogens with zero attached hydrogens (tertiary/aromatic N) is 5. The predicted octanol–water partition coefficient (Wildman–Crippen LogP) is 2.70. The van der Waals surface area contributed by atoms with Crippen LogP contribution in [-0.2, 0) is 19.1 Å². The van der Waals surface area contributed by atoms with Crippen LogP contribution in [0.4, 0.5) is 19.0 Å². The summed E-state index contributed by atoms with van der Waals surface area (Å²) >= 11 is 0. The van der Waals surface area contributed by atoms with Crippen molar-refractivity contribution in [2.75, 3.05) is 18.0 Å². The molecule has 1 fully saturated rings. The van der Waals surface area contributed by atoms with Crippen molar-refractivity contribution in [1.82, 2.24) is 19.5 Å². The summed E-state index contributed by atoms with van der Waals surface area (Å²) in [6.45, 7) is 5.74. The Bertz CT molecular complexity index is 689. The van der Waals surface area contributed by atoms with Crippen molar-refractivity contribution in [3.8, 4) is 0 Å². The first kappa shape index (κ1) is 15.8. The Kier molecular flexibility index (Phi) is 3.99. The molecule has 0 amide bonds. The van der Waals surface area contributed by atoms with Gasteiger partial charge in [-0.25, -0.2) is 15.0 Å². The van der Waals surface area contributed by atoms with E-state index >= 15 is 0 Å². The number of hydrogen-bond acceptors (Lipinski definition) is 4. The zero-order valence-electron chi connectivity index (χ0n) is 13.0. The number of aryl methyl sites for hydroxylation is 2. The minimum atomic E-state index is -4.44. The van der Waals surface area contributed by atoms with Gasteiger partial charge in [0.2, 0.25) is 0 Å². The van der Waals surface area contributed by atoms with Crippen LogP contribution in [0.5, 0.6) is 0 Å². The summed E-state index contributed by atoms with van der Waals surface area (Å²) < 4.78 is 40.6. The van der Waals surface area contributed by atoms with Crippen molar-refractivity contribution in [1.29, 1.82) is 0 Å². The van der Waals surface area contributed by atoms with E-state index in [1.54, 1.807) is 6.20 Å². The molecule has 0 atom stereocenters. The zero-order chi connectivity index (χ0) is 16.6. The quantitative estimate of drug-likeness (QED) is 0.867. The maximum absolute atomic E-state index is 12.8. The van der Waals surface area contributed by atoms with Crippen molar-refractivity contribution in [3.05, 3.63) is 35.8 Å². The first-order valence-corrected chi connectivity index (χ1v) is 7.54. The van der Waals surface area contributed by atoms with Gasteiger partial charge in [-0.05, 0) is 6.92 Å². The van der Waals surface area contributed by atoms with Crippen molar-refractivity contribution >= 4 is 5.82 Å². The van der Waals surface area contributed by atoms with Gasteiger partial charge in [0.25, 0.3) is 0 Å². The van der Waals surface area contributed by atoms with E-state index in [0.29, 0.717) is 24.8 Å². The Morgan fingerprint density at radius 3 is 2.65 bits per heavy atom. The van der Waals surface area contributed by atoms with Gasteiger partial charge in [-0.1, -0.05) is 6.92 Å². The highest BCUT2D eigenvalue weighted by Crippen LogP contribution is 2.31. The number of rotatable bonds is 4. The molecule has 3 rings (SSSR count). The molecule has 0 N–H and O–H groups in total. The number of anilines is 1. The molecular weight excluding hydrogens is 307 g/mol. The smallest absolute Gasteiger partial charge is 0.356 e. The Morgan fingerprint density at radius 1 is 1.26 bits per heavy atom. The molecule has 1 aliphatic rings. The van der Waals surface area contributed by atoms with Gasteiger partial charge >= 0.3 is 6.18 Å². The van der Waals surface area contributed by atoms with E-state index in [2.05, 4.69) is 19.5 Å². The fourth-order valence-electron chi connectivity index (χ4n) is 2.83. The molecule has 0 bridgehead atoms. The molecular formula is C15H18F3N5. The molecule has 124 valence electrons. The number of halogens is 3. The van der Waals surface area contributed by atoms with Gasteiger partial charge in [-0.15, -0.1) is 0 Å². The molecule has 0 unspecified atom stereocenters. The average Bonchev–Trinajstić information content (AvgIpc) is 2.87. The van der Waals surface area contributed by atoms with Gasteiger partial charge in [-0.2, -0.15) is 13.2 Å². The highest BCUT2D eigenvalue weighted by molar-refractivity contribution is 5.43. The normalized spacial score (nSPS) is 15.8. The third kappa shape index (κ3) is 3.30. The van der Waals surface area contributed by atoms with Crippen LogP contribution in [-0.4, -0.2) is 32.6 Å². The second-order valence-corrected chi connectivity index (χ2v) is 5.78. The van der Waals surface area contributed by atoms with E-state index in [1.165, 1.54) is 6.92 Å². The molecule has 0 saturated carbocycles. The highest BCUT2D eigenvalue weighted by Gasteiger charge is 2.35. The number of alkyl halides is 3. The van der Waals surface area contributed by atoms with Crippen LogP contribution in [0.3, 0.4) is 0 Å². The second-order valence-electron chi connectivity index (χ2n) is 5.78. The van der Waals surface area contributed by atoms with Crippen LogP contribution < -0.4 is 4.90 Å². The third-order valence-corrected chi connectivity index (χ3v) is 3.97. The molecule has 0 aromatic carbocycles. The molecule has 1 aliphatic heterocycles. The molecule has 23 heavy (non-hydrogen) atoms. The minimum Gasteiger partial charge on any atom is -0.356 e. The SMILES string of the molecule is CCc1nccn1CC1CN(c2cc(C(F)(F)F)nc(C)n2)C1. The monoisotopic (exact) mass is 325 g/mol. The molecule has 2 aromatic heterocycles. The molecule has 0 aliphatic carbocycles. The Balaban J connectivity index is 1.66. The van der Waals surface area contributed by atoms with E-state index in [-0.39, 0.29) is 5.82 Å². The number of imidazole rings is 1. The highest BCUT2D eigenvalue weighted by atomic mass is 19.4. The lowest BCUT2D eigenvalue weighted by atomic mass is 10.00. The van der Waals surface area contributed by atoms with Crippen molar-refractivity contribution in [2.24, 2.45) is 5.92 Å². The minimum absolute atomic E-state index is 0.140. The predicted molar refractivity (Wildman–Crippen MR) is 79.1 cm³/mol. The van der Waals surface area contributed by atoms with Gasteiger partial charge in [0.05, 0.1) is 0 Å². The first-order chi connectivity index (χ1) is 10.9. The molecule has 0 radical (unpaired) electrons. The van der Waals surface area contributed by atoms with Crippen LogP contribution >= 0.6 is 0 Å². The van der Waals surface area contributed by atoms with E-state index in [1.807, 2.05) is 18.0 Å². The largest absolute Gasteiger partial charge is 0.433 e. The van der Waals surface area contributed by atoms with Crippen LogP contribution in [0.2, 0.25) is 0 Å². The van der Waals surface area contributed by atoms with Crippen LogP contribution in [0.15, 0.2) is 18.5 Å². The molecule has 3 heterocycles. The molecule has 5 nitrogen and oxygen atoms in total. The maximum Gasteiger partial charge on any atom is 0.433 e. The van der Waals surface area contributed by atoms with Crippen LogP contribution in [0, 0.1) is 12.8 Å². The zero-order valence-corrected chi connectivity index (χ0v) is 13.0. The van der Waals surface area contributed by atoms with Gasteiger partial charge in [0.1, 0.15) is 23.2 Å². The Morgan fingerprint density at radius 2 is 2.00 bits per heavy atom. The van der Waals surface area contributed by atoms with Gasteiger partial charge in [0.15, 0.2) is 0 Å². The number of aromatic nitrogens is 4. The van der Waals surface area contributed by atoms with Crippen molar-refractivity contribution in [2.45, 2.75) is 33.0 Å². The average molecular weight is 325 g/mol. The lowest BCUT2D eigenvalue weighted by Crippen LogP contribution is -2.49. The summed E-state index contributed by atoms with van der Waals surface area (Å²) in [6.07, 6.45) is 0.139. The van der Waals surface area contributed by atoms with Crippen molar-refractivity contribution < 1.29 is 13.2 Å². The fraction of sp³-hybridized carbons (Fsp3) is 0.533. The van der Waals surface area contributed by atoms with Crippen molar-refractivity contribution in [3.63, 3.8) is 0 Å². The standard InChI is InChI=1S/C15H18F3N5/c1-3-13-19-4-5-22(13)7-11-8-23(9-11)14-6-12(15(16,17)18)20-10(2)21-14/h4-6,11H,3,7-9H2,1-2H3. The summed E-state index contributed by atoms with van der Waals surface area (Å²) in [5.74, 6) is 1.91. The first-order valence-electron chi connectivity index (χ1n) is 7.54. The maximum atomic E-state index is 12.8. The fourth-order valence-corrected chi connectivity index (χ4v) is 2.83. The van der Waals surface area contributed by atoms with Gasteiger partial charge < -0.3 is 9.47 Å². The summed E-state index contributed by atoms with van der Waals surface area (Å²) in [5, 5.41) is 0. The van der Waals surface area contributed by atoms with Crippen LogP contribution in [0.25, 0.3) is 0 Å². The third-order valence-electron chi connectivity index (χ3n) is 3.97. The molecule has 1 saturated heterocycles. The Hall–Kier alpha value is -2.12. The van der Waals surface area contributed by atoms with Crippen LogP contribution in [0.1, 0.15) is 24.3 Å². The Labute approximate surface area is 132 Å². The van der Waals surface area contributed by atoms with E-state index < -0.39 is 11.9 Å². The molecule has 2 aromatic rings.